The first-order chi connectivity index (χ1) is 6.20. The Kier molecular flexibility index (Phi) is 3.58. The minimum Gasteiger partial charge on any atom is -0.362 e. The van der Waals surface area contributed by atoms with Gasteiger partial charge in [-0.15, -0.1) is 0 Å². The van der Waals surface area contributed by atoms with Crippen LogP contribution in [0.4, 0.5) is 0 Å². The smallest absolute Gasteiger partial charge is 0.0181 e. The lowest BCUT2D eigenvalue weighted by Gasteiger charge is -1.99. The van der Waals surface area contributed by atoms with Gasteiger partial charge in [0, 0.05) is 11.4 Å². The number of aromatic amines is 1. The van der Waals surface area contributed by atoms with Crippen molar-refractivity contribution in [2.75, 3.05) is 0 Å². The monoisotopic (exact) mass is 179 g/mol. The Balaban J connectivity index is 2.92. The van der Waals surface area contributed by atoms with Crippen LogP contribution in [0.1, 0.15) is 49.2 Å². The van der Waals surface area contributed by atoms with Crippen LogP contribution in [0.2, 0.25) is 0 Å². The summed E-state index contributed by atoms with van der Waals surface area (Å²) in [5.41, 5.74) is 5.87. The number of aromatic nitrogens is 1. The molecule has 0 saturated carbocycles. The third kappa shape index (κ3) is 2.15. The highest BCUT2D eigenvalue weighted by Crippen LogP contribution is 2.20. The second-order valence-electron chi connectivity index (χ2n) is 3.83. The topological polar surface area (TPSA) is 15.8 Å². The quantitative estimate of drug-likeness (QED) is 0.727. The molecule has 0 amide bonds. The Morgan fingerprint density at radius 3 is 2.15 bits per heavy atom. The van der Waals surface area contributed by atoms with Crippen molar-refractivity contribution in [3.8, 4) is 0 Å². The number of H-pyrrole nitrogens is 1. The van der Waals surface area contributed by atoms with Crippen molar-refractivity contribution < 1.29 is 0 Å². The summed E-state index contributed by atoms with van der Waals surface area (Å²) in [6.07, 6.45) is 4.88. The predicted molar refractivity (Wildman–Crippen MR) is 58.3 cm³/mol. The molecule has 0 atom stereocenters. The lowest BCUT2D eigenvalue weighted by atomic mass is 10.0. The zero-order valence-corrected chi connectivity index (χ0v) is 9.33. The number of aryl methyl sites for hydroxylation is 2. The van der Waals surface area contributed by atoms with Gasteiger partial charge in [-0.1, -0.05) is 26.7 Å². The van der Waals surface area contributed by atoms with Gasteiger partial charge in [-0.2, -0.15) is 0 Å². The molecular formula is C12H21N. The maximum atomic E-state index is 3.50. The molecule has 0 fully saturated rings. The van der Waals surface area contributed by atoms with E-state index in [1.165, 1.54) is 42.6 Å². The van der Waals surface area contributed by atoms with Gasteiger partial charge in [-0.05, 0) is 37.8 Å². The Hall–Kier alpha value is -0.720. The lowest BCUT2D eigenvalue weighted by molar-refractivity contribution is 0.878. The lowest BCUT2D eigenvalue weighted by Crippen LogP contribution is -1.88. The normalized spacial score (nSPS) is 10.8. The molecule has 13 heavy (non-hydrogen) atoms. The summed E-state index contributed by atoms with van der Waals surface area (Å²) in [6, 6.07) is 0. The number of nitrogens with one attached hydrogen (secondary N) is 1. The molecule has 0 aliphatic rings. The molecule has 74 valence electrons. The molecule has 0 unspecified atom stereocenters. The fourth-order valence-electron chi connectivity index (χ4n) is 1.98. The first-order valence-corrected chi connectivity index (χ1v) is 5.37. The van der Waals surface area contributed by atoms with Gasteiger partial charge in [0.2, 0.25) is 0 Å². The van der Waals surface area contributed by atoms with E-state index in [0.29, 0.717) is 0 Å². The zero-order chi connectivity index (χ0) is 9.84. The van der Waals surface area contributed by atoms with Crippen LogP contribution in [0, 0.1) is 13.8 Å². The maximum Gasteiger partial charge on any atom is 0.0181 e. The van der Waals surface area contributed by atoms with E-state index in [9.17, 15) is 0 Å². The van der Waals surface area contributed by atoms with Crippen molar-refractivity contribution in [2.24, 2.45) is 0 Å². The van der Waals surface area contributed by atoms with Crippen LogP contribution in [-0.2, 0) is 12.8 Å². The van der Waals surface area contributed by atoms with Crippen molar-refractivity contribution >= 4 is 0 Å². The van der Waals surface area contributed by atoms with E-state index in [-0.39, 0.29) is 0 Å². The van der Waals surface area contributed by atoms with Gasteiger partial charge in [-0.25, -0.2) is 0 Å². The van der Waals surface area contributed by atoms with E-state index < -0.39 is 0 Å². The molecule has 0 aliphatic carbocycles. The van der Waals surface area contributed by atoms with Crippen LogP contribution in [0.15, 0.2) is 0 Å². The Morgan fingerprint density at radius 2 is 1.62 bits per heavy atom. The van der Waals surface area contributed by atoms with Crippen LogP contribution in [-0.4, -0.2) is 4.98 Å². The van der Waals surface area contributed by atoms with Gasteiger partial charge in [0.15, 0.2) is 0 Å². The summed E-state index contributed by atoms with van der Waals surface area (Å²) in [4.78, 5) is 3.50. The van der Waals surface area contributed by atoms with Gasteiger partial charge >= 0.3 is 0 Å². The largest absolute Gasteiger partial charge is 0.362 e. The maximum absolute atomic E-state index is 3.50. The number of rotatable bonds is 4. The van der Waals surface area contributed by atoms with Crippen LogP contribution in [0.3, 0.4) is 0 Å². The molecule has 1 rings (SSSR count). The summed E-state index contributed by atoms with van der Waals surface area (Å²) >= 11 is 0. The molecule has 0 bridgehead atoms. The SMILES string of the molecule is CCCc1[nH]c(C)c(CCC)c1C. The van der Waals surface area contributed by atoms with E-state index in [4.69, 9.17) is 0 Å². The predicted octanol–water partition coefficient (Wildman–Crippen LogP) is 3.54. The molecule has 1 N–H and O–H groups in total. The molecule has 0 aromatic carbocycles. The first-order valence-electron chi connectivity index (χ1n) is 5.37. The van der Waals surface area contributed by atoms with E-state index in [2.05, 4.69) is 32.7 Å². The van der Waals surface area contributed by atoms with Crippen LogP contribution >= 0.6 is 0 Å². The Morgan fingerprint density at radius 1 is 1.00 bits per heavy atom. The molecule has 1 aromatic rings. The molecule has 1 heterocycles. The summed E-state index contributed by atoms with van der Waals surface area (Å²) in [5, 5.41) is 0. The van der Waals surface area contributed by atoms with Gasteiger partial charge in [0.05, 0.1) is 0 Å². The highest BCUT2D eigenvalue weighted by Gasteiger charge is 2.08. The summed E-state index contributed by atoms with van der Waals surface area (Å²) < 4.78 is 0. The molecular weight excluding hydrogens is 158 g/mol. The van der Waals surface area contributed by atoms with E-state index in [0.717, 1.165) is 0 Å². The minimum absolute atomic E-state index is 1.19. The van der Waals surface area contributed by atoms with Crippen LogP contribution in [0.5, 0.6) is 0 Å². The Bertz CT molecular complexity index is 271. The molecule has 0 saturated heterocycles. The van der Waals surface area contributed by atoms with Crippen molar-refractivity contribution in [3.63, 3.8) is 0 Å². The summed E-state index contributed by atoms with van der Waals surface area (Å²) in [6.45, 7) is 8.91. The number of hydrogen-bond donors (Lipinski definition) is 1. The molecule has 1 aromatic heterocycles. The second kappa shape index (κ2) is 4.50. The molecule has 0 radical (unpaired) electrons. The van der Waals surface area contributed by atoms with Crippen molar-refractivity contribution in [1.82, 2.24) is 4.98 Å². The van der Waals surface area contributed by atoms with Gasteiger partial charge in [0.25, 0.3) is 0 Å². The molecule has 0 spiro atoms. The average molecular weight is 179 g/mol. The standard InChI is InChI=1S/C12H21N/c1-5-7-11-9(3)12(8-6-2)13-10(11)4/h13H,5-8H2,1-4H3. The molecule has 0 aliphatic heterocycles. The van der Waals surface area contributed by atoms with Crippen LogP contribution < -0.4 is 0 Å². The minimum atomic E-state index is 1.19. The van der Waals surface area contributed by atoms with Crippen molar-refractivity contribution in [1.29, 1.82) is 0 Å². The third-order valence-electron chi connectivity index (χ3n) is 2.70. The van der Waals surface area contributed by atoms with Gasteiger partial charge in [0.1, 0.15) is 0 Å². The molecule has 1 nitrogen and oxygen atoms in total. The summed E-state index contributed by atoms with van der Waals surface area (Å²) in [7, 11) is 0. The fraction of sp³-hybridized carbons (Fsp3) is 0.667. The third-order valence-corrected chi connectivity index (χ3v) is 2.70. The van der Waals surface area contributed by atoms with E-state index in [1.54, 1.807) is 5.56 Å². The number of hydrogen-bond acceptors (Lipinski definition) is 0. The van der Waals surface area contributed by atoms with Crippen molar-refractivity contribution in [3.05, 3.63) is 22.5 Å². The van der Waals surface area contributed by atoms with Gasteiger partial charge < -0.3 is 4.98 Å². The highest BCUT2D eigenvalue weighted by atomic mass is 14.7. The van der Waals surface area contributed by atoms with Gasteiger partial charge in [-0.3, -0.25) is 0 Å². The second-order valence-corrected chi connectivity index (χ2v) is 3.83. The highest BCUT2D eigenvalue weighted by molar-refractivity contribution is 5.35. The van der Waals surface area contributed by atoms with E-state index >= 15 is 0 Å². The first kappa shape index (κ1) is 10.4. The summed E-state index contributed by atoms with van der Waals surface area (Å²) in [5.74, 6) is 0. The van der Waals surface area contributed by atoms with E-state index in [1.807, 2.05) is 0 Å². The fourth-order valence-corrected chi connectivity index (χ4v) is 1.98. The van der Waals surface area contributed by atoms with Crippen molar-refractivity contribution in [2.45, 2.75) is 53.4 Å². The Labute approximate surface area is 81.6 Å². The zero-order valence-electron chi connectivity index (χ0n) is 9.33. The molecule has 1 heteroatoms. The van der Waals surface area contributed by atoms with Crippen LogP contribution in [0.25, 0.3) is 0 Å². The average Bonchev–Trinajstić information content (AvgIpc) is 2.34.